The van der Waals surface area contributed by atoms with Gasteiger partial charge in [0.25, 0.3) is 0 Å². The summed E-state index contributed by atoms with van der Waals surface area (Å²) in [5.41, 5.74) is 4.02. The number of rotatable bonds is 5. The molecule has 3 aromatic rings. The average Bonchev–Trinajstić information content (AvgIpc) is 3.28. The van der Waals surface area contributed by atoms with E-state index in [-0.39, 0.29) is 28.8 Å². The Kier molecular flexibility index (Phi) is 6.70. The average molecular weight is 496 g/mol. The summed E-state index contributed by atoms with van der Waals surface area (Å²) in [5.74, 6) is 0.148. The number of morpholine rings is 1. The van der Waals surface area contributed by atoms with Gasteiger partial charge in [-0.05, 0) is 63.3 Å². The third kappa shape index (κ3) is 5.01. The molecule has 0 bridgehead atoms. The molecule has 2 fully saturated rings. The number of nitrogens with zero attached hydrogens (tertiary/aromatic N) is 1. The highest BCUT2D eigenvalue weighted by Crippen LogP contribution is 2.30. The number of hydrogen-bond donors (Lipinski definition) is 2. The van der Waals surface area contributed by atoms with Crippen molar-refractivity contribution in [1.29, 1.82) is 0 Å². The molecule has 0 radical (unpaired) electrons. The summed E-state index contributed by atoms with van der Waals surface area (Å²) in [6.07, 6.45) is 2.73. The summed E-state index contributed by atoms with van der Waals surface area (Å²) in [7, 11) is -3.66. The van der Waals surface area contributed by atoms with Crippen molar-refractivity contribution in [2.45, 2.75) is 56.5 Å². The first kappa shape index (κ1) is 24.0. The van der Waals surface area contributed by atoms with Crippen LogP contribution < -0.4 is 4.72 Å². The van der Waals surface area contributed by atoms with Crippen LogP contribution in [-0.2, 0) is 19.6 Å². The second-order valence-corrected chi connectivity index (χ2v) is 11.6. The van der Waals surface area contributed by atoms with Gasteiger partial charge in [0.1, 0.15) is 0 Å². The Labute approximate surface area is 206 Å². The predicted octanol–water partition coefficient (Wildman–Crippen LogP) is 4.23. The molecular weight excluding hydrogens is 462 g/mol. The Morgan fingerprint density at radius 1 is 1.09 bits per heavy atom. The van der Waals surface area contributed by atoms with Crippen molar-refractivity contribution in [1.82, 2.24) is 14.6 Å². The number of carbonyl (C=O) groups is 1. The molecule has 186 valence electrons. The van der Waals surface area contributed by atoms with E-state index in [1.165, 1.54) is 0 Å². The molecular formula is C27H33N3O4S. The fourth-order valence-corrected chi connectivity index (χ4v) is 6.66. The van der Waals surface area contributed by atoms with E-state index in [4.69, 9.17) is 4.74 Å². The highest BCUT2D eigenvalue weighted by atomic mass is 32.2. The summed E-state index contributed by atoms with van der Waals surface area (Å²) in [6, 6.07) is 15.3. The second-order valence-electron chi connectivity index (χ2n) is 9.87. The zero-order valence-electron chi connectivity index (χ0n) is 20.3. The van der Waals surface area contributed by atoms with Crippen LogP contribution in [0.15, 0.2) is 53.4 Å². The summed E-state index contributed by atoms with van der Waals surface area (Å²) in [4.78, 5) is 18.5. The maximum Gasteiger partial charge on any atom is 0.240 e. The molecule has 1 aromatic heterocycles. The van der Waals surface area contributed by atoms with Crippen molar-refractivity contribution in [2.75, 3.05) is 19.8 Å². The maximum absolute atomic E-state index is 13.2. The molecule has 8 heteroatoms. The Hall–Kier alpha value is -2.68. The third-order valence-corrected chi connectivity index (χ3v) is 8.91. The molecule has 1 atom stereocenters. The molecule has 2 N–H and O–H groups in total. The lowest BCUT2D eigenvalue weighted by Crippen LogP contribution is -2.50. The minimum absolute atomic E-state index is 0.0357. The molecule has 2 aromatic carbocycles. The third-order valence-electron chi connectivity index (χ3n) is 7.39. The molecule has 2 heterocycles. The van der Waals surface area contributed by atoms with Crippen LogP contribution >= 0.6 is 0 Å². The van der Waals surface area contributed by atoms with Gasteiger partial charge in [-0.25, -0.2) is 13.1 Å². The molecule has 2 aliphatic rings. The highest BCUT2D eigenvalue weighted by Gasteiger charge is 2.34. The number of ether oxygens (including phenoxy) is 1. The maximum atomic E-state index is 13.2. The molecule has 1 saturated carbocycles. The summed E-state index contributed by atoms with van der Waals surface area (Å²) in [6.45, 7) is 5.88. The Balaban J connectivity index is 1.25. The number of aryl methyl sites for hydroxylation is 1. The van der Waals surface area contributed by atoms with Crippen molar-refractivity contribution in [3.8, 4) is 11.3 Å². The number of H-pyrrole nitrogens is 1. The van der Waals surface area contributed by atoms with E-state index < -0.39 is 10.0 Å². The van der Waals surface area contributed by atoms with Crippen molar-refractivity contribution >= 4 is 26.8 Å². The van der Waals surface area contributed by atoms with Crippen LogP contribution in [0.4, 0.5) is 0 Å². The highest BCUT2D eigenvalue weighted by molar-refractivity contribution is 7.89. The number of amides is 1. The summed E-state index contributed by atoms with van der Waals surface area (Å²) in [5, 5.41) is 0.971. The molecule has 35 heavy (non-hydrogen) atoms. The number of sulfonamides is 1. The van der Waals surface area contributed by atoms with Gasteiger partial charge >= 0.3 is 0 Å². The van der Waals surface area contributed by atoms with Crippen molar-refractivity contribution in [3.63, 3.8) is 0 Å². The fourth-order valence-electron chi connectivity index (χ4n) is 5.33. The van der Waals surface area contributed by atoms with Gasteiger partial charge in [-0.1, -0.05) is 30.3 Å². The number of aromatic amines is 1. The number of carbonyl (C=O) groups excluding carboxylic acids is 1. The van der Waals surface area contributed by atoms with E-state index in [2.05, 4.69) is 34.8 Å². The lowest BCUT2D eigenvalue weighted by atomic mass is 9.85. The smallest absolute Gasteiger partial charge is 0.240 e. The number of aromatic nitrogens is 1. The minimum Gasteiger partial charge on any atom is -0.377 e. The van der Waals surface area contributed by atoms with Crippen LogP contribution in [0.5, 0.6) is 0 Å². The first-order chi connectivity index (χ1) is 16.8. The quantitative estimate of drug-likeness (QED) is 0.554. The molecule has 1 unspecified atom stereocenters. The van der Waals surface area contributed by atoms with E-state index in [0.29, 0.717) is 45.4 Å². The van der Waals surface area contributed by atoms with Crippen LogP contribution in [0, 0.1) is 12.8 Å². The number of benzene rings is 2. The van der Waals surface area contributed by atoms with Crippen molar-refractivity contribution < 1.29 is 17.9 Å². The van der Waals surface area contributed by atoms with E-state index in [1.54, 1.807) is 12.1 Å². The van der Waals surface area contributed by atoms with E-state index in [0.717, 1.165) is 27.7 Å². The molecule has 7 nitrogen and oxygen atoms in total. The molecule has 1 saturated heterocycles. The van der Waals surface area contributed by atoms with Crippen LogP contribution in [0.25, 0.3) is 22.2 Å². The minimum atomic E-state index is -3.66. The van der Waals surface area contributed by atoms with Gasteiger partial charge in [0.05, 0.1) is 24.2 Å². The van der Waals surface area contributed by atoms with Crippen LogP contribution in [0.3, 0.4) is 0 Å². The Morgan fingerprint density at radius 3 is 2.60 bits per heavy atom. The lowest BCUT2D eigenvalue weighted by Gasteiger charge is -2.37. The monoisotopic (exact) mass is 495 g/mol. The normalized spacial score (nSPS) is 23.5. The topological polar surface area (TPSA) is 91.5 Å². The predicted molar refractivity (Wildman–Crippen MR) is 137 cm³/mol. The Morgan fingerprint density at radius 2 is 1.86 bits per heavy atom. The fraction of sp³-hybridized carbons (Fsp3) is 0.444. The molecule has 5 rings (SSSR count). The first-order valence-electron chi connectivity index (χ1n) is 12.4. The number of fused-ring (bicyclic) bond motifs is 1. The number of nitrogens with one attached hydrogen (secondary N) is 2. The van der Waals surface area contributed by atoms with Crippen molar-refractivity contribution in [2.24, 2.45) is 5.92 Å². The zero-order chi connectivity index (χ0) is 24.6. The van der Waals surface area contributed by atoms with E-state index in [9.17, 15) is 13.2 Å². The molecule has 1 aliphatic heterocycles. The van der Waals surface area contributed by atoms with Gasteiger partial charge in [-0.15, -0.1) is 0 Å². The molecule has 0 spiro atoms. The largest absolute Gasteiger partial charge is 0.377 e. The lowest BCUT2D eigenvalue weighted by molar-refractivity contribution is -0.144. The van der Waals surface area contributed by atoms with Gasteiger partial charge in [-0.3, -0.25) is 4.79 Å². The van der Waals surface area contributed by atoms with Gasteiger partial charge in [0.2, 0.25) is 15.9 Å². The van der Waals surface area contributed by atoms with Gasteiger partial charge in [-0.2, -0.15) is 0 Å². The Bertz CT molecular complexity index is 1330. The van der Waals surface area contributed by atoms with E-state index >= 15 is 0 Å². The molecule has 1 amide bonds. The van der Waals surface area contributed by atoms with E-state index in [1.807, 2.05) is 30.0 Å². The van der Waals surface area contributed by atoms with Gasteiger partial charge < -0.3 is 14.6 Å². The van der Waals surface area contributed by atoms with Crippen LogP contribution in [0.1, 0.15) is 38.2 Å². The van der Waals surface area contributed by atoms with Gasteiger partial charge in [0, 0.05) is 40.7 Å². The standard InChI is InChI=1S/C27H33N3O4S/c1-18-5-3-4-6-24(18)26-15-21-9-12-23(16-25(21)28-26)35(32,33)29-22-10-7-20(8-11-22)27(31)30-13-14-34-17-19(30)2/h3-6,9,12,15-16,19-20,22,28-29H,7-8,10-11,13-14,17H2,1-2H3. The zero-order valence-corrected chi connectivity index (χ0v) is 21.1. The van der Waals surface area contributed by atoms with Crippen molar-refractivity contribution in [3.05, 3.63) is 54.1 Å². The molecule has 1 aliphatic carbocycles. The van der Waals surface area contributed by atoms with Gasteiger partial charge in [0.15, 0.2) is 0 Å². The SMILES string of the molecule is Cc1ccccc1-c1cc2ccc(S(=O)(=O)NC3CCC(C(=O)N4CCOCC4C)CC3)cc2[nH]1. The number of hydrogen-bond acceptors (Lipinski definition) is 4. The second kappa shape index (κ2) is 9.76. The summed E-state index contributed by atoms with van der Waals surface area (Å²) < 4.78 is 34.7. The summed E-state index contributed by atoms with van der Waals surface area (Å²) >= 11 is 0. The first-order valence-corrected chi connectivity index (χ1v) is 13.9. The van der Waals surface area contributed by atoms with Crippen LogP contribution in [-0.4, -0.2) is 56.1 Å². The van der Waals surface area contributed by atoms with Crippen LogP contribution in [0.2, 0.25) is 0 Å².